The van der Waals surface area contributed by atoms with E-state index in [9.17, 15) is 4.79 Å². The second-order valence-corrected chi connectivity index (χ2v) is 5.56. The number of rotatable bonds is 3. The van der Waals surface area contributed by atoms with Gasteiger partial charge in [0.2, 0.25) is 0 Å². The summed E-state index contributed by atoms with van der Waals surface area (Å²) >= 11 is 1.29. The molecule has 4 nitrogen and oxygen atoms in total. The van der Waals surface area contributed by atoms with E-state index in [-0.39, 0.29) is 5.91 Å². The van der Waals surface area contributed by atoms with Gasteiger partial charge in [-0.1, -0.05) is 13.8 Å². The van der Waals surface area contributed by atoms with Crippen molar-refractivity contribution in [2.24, 2.45) is 11.3 Å². The second kappa shape index (κ2) is 3.48. The maximum Gasteiger partial charge on any atom is 0.270 e. The Morgan fingerprint density at radius 3 is 2.93 bits per heavy atom. The predicted molar refractivity (Wildman–Crippen MR) is 60.7 cm³/mol. The third-order valence-corrected chi connectivity index (χ3v) is 3.66. The lowest BCUT2D eigenvalue weighted by Gasteiger charge is -2.04. The van der Waals surface area contributed by atoms with E-state index in [1.807, 2.05) is 0 Å². The SMILES string of the molecule is CC1(C)CC1CNC(=O)c1csc(N)n1. The van der Waals surface area contributed by atoms with Crippen molar-refractivity contribution in [3.8, 4) is 0 Å². The average Bonchev–Trinajstić information content (AvgIpc) is 2.59. The van der Waals surface area contributed by atoms with E-state index in [4.69, 9.17) is 5.73 Å². The molecule has 1 heterocycles. The largest absolute Gasteiger partial charge is 0.375 e. The molecule has 1 unspecified atom stereocenters. The van der Waals surface area contributed by atoms with E-state index in [0.29, 0.717) is 22.2 Å². The van der Waals surface area contributed by atoms with Gasteiger partial charge in [-0.15, -0.1) is 11.3 Å². The second-order valence-electron chi connectivity index (χ2n) is 4.67. The summed E-state index contributed by atoms with van der Waals surface area (Å²) in [5, 5.41) is 5.00. The van der Waals surface area contributed by atoms with Gasteiger partial charge in [0.1, 0.15) is 5.69 Å². The molecule has 0 radical (unpaired) electrons. The number of nitrogens with one attached hydrogen (secondary N) is 1. The van der Waals surface area contributed by atoms with Gasteiger partial charge in [0, 0.05) is 11.9 Å². The monoisotopic (exact) mass is 225 g/mol. The van der Waals surface area contributed by atoms with E-state index in [0.717, 1.165) is 6.54 Å². The fraction of sp³-hybridized carbons (Fsp3) is 0.600. The Morgan fingerprint density at radius 2 is 2.47 bits per heavy atom. The number of carbonyl (C=O) groups excluding carboxylic acids is 1. The Labute approximate surface area is 92.9 Å². The first-order valence-electron chi connectivity index (χ1n) is 4.98. The van der Waals surface area contributed by atoms with Crippen molar-refractivity contribution in [1.82, 2.24) is 10.3 Å². The third-order valence-electron chi connectivity index (χ3n) is 2.98. The Bertz CT molecular complexity index is 386. The molecular formula is C10H15N3OS. The zero-order chi connectivity index (χ0) is 11.1. The van der Waals surface area contributed by atoms with E-state index in [1.54, 1.807) is 5.38 Å². The molecule has 0 bridgehead atoms. The first-order valence-corrected chi connectivity index (χ1v) is 5.86. The quantitative estimate of drug-likeness (QED) is 0.819. The minimum absolute atomic E-state index is 0.120. The summed E-state index contributed by atoms with van der Waals surface area (Å²) in [6.07, 6.45) is 1.19. The summed E-state index contributed by atoms with van der Waals surface area (Å²) in [5.74, 6) is 0.489. The Hall–Kier alpha value is -1.10. The van der Waals surface area contributed by atoms with Crippen LogP contribution in [0.25, 0.3) is 0 Å². The molecule has 1 amide bonds. The summed E-state index contributed by atoms with van der Waals surface area (Å²) in [7, 11) is 0. The average molecular weight is 225 g/mol. The van der Waals surface area contributed by atoms with Crippen LogP contribution in [0.2, 0.25) is 0 Å². The van der Waals surface area contributed by atoms with E-state index < -0.39 is 0 Å². The lowest BCUT2D eigenvalue weighted by molar-refractivity contribution is 0.0946. The maximum absolute atomic E-state index is 11.6. The first kappa shape index (κ1) is 10.4. The summed E-state index contributed by atoms with van der Waals surface area (Å²) < 4.78 is 0. The van der Waals surface area contributed by atoms with E-state index in [2.05, 4.69) is 24.1 Å². The minimum atomic E-state index is -0.120. The lowest BCUT2D eigenvalue weighted by atomic mass is 10.1. The van der Waals surface area contributed by atoms with Crippen molar-refractivity contribution in [2.75, 3.05) is 12.3 Å². The number of nitrogens with two attached hydrogens (primary N) is 1. The normalized spacial score (nSPS) is 22.4. The van der Waals surface area contributed by atoms with Crippen LogP contribution < -0.4 is 11.1 Å². The molecule has 0 aliphatic heterocycles. The number of aromatic nitrogens is 1. The van der Waals surface area contributed by atoms with Gasteiger partial charge >= 0.3 is 0 Å². The standard InChI is InChI=1S/C10H15N3OS/c1-10(2)3-6(10)4-12-8(14)7-5-15-9(11)13-7/h5-6H,3-4H2,1-2H3,(H2,11,13)(H,12,14). The highest BCUT2D eigenvalue weighted by molar-refractivity contribution is 7.13. The van der Waals surface area contributed by atoms with Crippen molar-refractivity contribution in [1.29, 1.82) is 0 Å². The lowest BCUT2D eigenvalue weighted by Crippen LogP contribution is -2.26. The van der Waals surface area contributed by atoms with E-state index in [1.165, 1.54) is 17.8 Å². The van der Waals surface area contributed by atoms with Crippen molar-refractivity contribution in [2.45, 2.75) is 20.3 Å². The Balaban J connectivity index is 1.83. The van der Waals surface area contributed by atoms with Crippen LogP contribution in [0.4, 0.5) is 5.13 Å². The fourth-order valence-corrected chi connectivity index (χ4v) is 2.17. The molecule has 2 rings (SSSR count). The van der Waals surface area contributed by atoms with Gasteiger partial charge in [-0.25, -0.2) is 4.98 Å². The van der Waals surface area contributed by atoms with Gasteiger partial charge in [-0.2, -0.15) is 0 Å². The molecule has 1 saturated carbocycles. The van der Waals surface area contributed by atoms with Crippen LogP contribution in [0.15, 0.2) is 5.38 Å². The molecule has 0 aromatic carbocycles. The van der Waals surface area contributed by atoms with Gasteiger partial charge in [0.05, 0.1) is 0 Å². The molecule has 1 fully saturated rings. The smallest absolute Gasteiger partial charge is 0.270 e. The molecule has 1 aromatic heterocycles. The maximum atomic E-state index is 11.6. The van der Waals surface area contributed by atoms with Gasteiger partial charge in [-0.05, 0) is 17.8 Å². The number of amides is 1. The summed E-state index contributed by atoms with van der Waals surface area (Å²) in [6.45, 7) is 5.17. The van der Waals surface area contributed by atoms with Crippen molar-refractivity contribution >= 4 is 22.4 Å². The highest BCUT2D eigenvalue weighted by Crippen LogP contribution is 2.50. The minimum Gasteiger partial charge on any atom is -0.375 e. The fourth-order valence-electron chi connectivity index (χ4n) is 1.62. The molecule has 1 aromatic rings. The summed E-state index contributed by atoms with van der Waals surface area (Å²) in [6, 6.07) is 0. The van der Waals surface area contributed by atoms with Crippen molar-refractivity contribution < 1.29 is 4.79 Å². The molecule has 82 valence electrons. The van der Waals surface area contributed by atoms with Crippen LogP contribution in [0.3, 0.4) is 0 Å². The summed E-state index contributed by atoms with van der Waals surface area (Å²) in [4.78, 5) is 15.5. The van der Waals surface area contributed by atoms with Crippen LogP contribution in [-0.2, 0) is 0 Å². The molecule has 1 atom stereocenters. The molecule has 15 heavy (non-hydrogen) atoms. The van der Waals surface area contributed by atoms with Crippen LogP contribution >= 0.6 is 11.3 Å². The Morgan fingerprint density at radius 1 is 1.80 bits per heavy atom. The number of carbonyl (C=O) groups is 1. The molecule has 1 aliphatic carbocycles. The van der Waals surface area contributed by atoms with Gasteiger partial charge < -0.3 is 11.1 Å². The highest BCUT2D eigenvalue weighted by atomic mass is 32.1. The van der Waals surface area contributed by atoms with Crippen molar-refractivity contribution in [3.63, 3.8) is 0 Å². The number of anilines is 1. The molecule has 3 N–H and O–H groups in total. The van der Waals surface area contributed by atoms with Crippen molar-refractivity contribution in [3.05, 3.63) is 11.1 Å². The van der Waals surface area contributed by atoms with Gasteiger partial charge in [0.15, 0.2) is 5.13 Å². The van der Waals surface area contributed by atoms with Gasteiger partial charge in [-0.3, -0.25) is 4.79 Å². The first-order chi connectivity index (χ1) is 6.99. The number of thiazole rings is 1. The molecule has 1 aliphatic rings. The third kappa shape index (κ3) is 2.28. The number of hydrogen-bond donors (Lipinski definition) is 2. The predicted octanol–water partition coefficient (Wildman–Crippen LogP) is 1.50. The summed E-state index contributed by atoms with van der Waals surface area (Å²) in [5.41, 5.74) is 6.28. The van der Waals surface area contributed by atoms with Crippen LogP contribution in [0, 0.1) is 11.3 Å². The molecule has 0 saturated heterocycles. The zero-order valence-electron chi connectivity index (χ0n) is 8.91. The number of hydrogen-bond acceptors (Lipinski definition) is 4. The molecule has 0 spiro atoms. The highest BCUT2D eigenvalue weighted by Gasteiger charge is 2.45. The molecule has 5 heteroatoms. The van der Waals surface area contributed by atoms with Crippen LogP contribution in [0.5, 0.6) is 0 Å². The van der Waals surface area contributed by atoms with Crippen LogP contribution in [-0.4, -0.2) is 17.4 Å². The zero-order valence-corrected chi connectivity index (χ0v) is 9.73. The number of nitrogens with zero attached hydrogens (tertiary/aromatic N) is 1. The van der Waals surface area contributed by atoms with E-state index >= 15 is 0 Å². The topological polar surface area (TPSA) is 68.0 Å². The van der Waals surface area contributed by atoms with Crippen LogP contribution in [0.1, 0.15) is 30.8 Å². The number of nitrogen functional groups attached to an aromatic ring is 1. The van der Waals surface area contributed by atoms with Gasteiger partial charge in [0.25, 0.3) is 5.91 Å². The Kier molecular flexibility index (Phi) is 2.42. The molecular weight excluding hydrogens is 210 g/mol.